The third kappa shape index (κ3) is 5.21. The average molecular weight is 696 g/mol. The predicted molar refractivity (Wildman–Crippen MR) is 104 cm³/mol. The zero-order valence-electron chi connectivity index (χ0n) is 19.4. The second kappa shape index (κ2) is 10.7. The maximum atomic E-state index is 14.6. The molecule has 0 aromatic heterocycles. The quantitative estimate of drug-likeness (QED) is 0.241. The molecule has 0 bridgehead atoms. The molecule has 0 aliphatic rings. The lowest BCUT2D eigenvalue weighted by Crippen LogP contribution is -2.75. The summed E-state index contributed by atoms with van der Waals surface area (Å²) < 4.78 is 254. The van der Waals surface area contributed by atoms with Crippen LogP contribution in [0.25, 0.3) is 0 Å². The van der Waals surface area contributed by atoms with Crippen LogP contribution in [0, 0.1) is 0 Å². The monoisotopic (exact) mass is 695 g/mol. The Balaban J connectivity index is 3.90. The number of sulfonamides is 1. The van der Waals surface area contributed by atoms with E-state index in [0.29, 0.717) is 6.07 Å². The van der Waals surface area contributed by atoms with Crippen molar-refractivity contribution in [2.45, 2.75) is 66.5 Å². The van der Waals surface area contributed by atoms with Crippen LogP contribution >= 0.6 is 11.6 Å². The van der Waals surface area contributed by atoms with Gasteiger partial charge in [-0.25, -0.2) is 8.42 Å². The zero-order chi connectivity index (χ0) is 33.9. The van der Waals surface area contributed by atoms with Crippen LogP contribution in [0.3, 0.4) is 0 Å². The van der Waals surface area contributed by atoms with Gasteiger partial charge in [0.2, 0.25) is 0 Å². The van der Waals surface area contributed by atoms with E-state index in [1.807, 2.05) is 0 Å². The Kier molecular flexibility index (Phi) is 9.61. The number of rotatable bonds is 12. The number of aliphatic carboxylic acids is 1. The van der Waals surface area contributed by atoms with E-state index in [1.54, 1.807) is 0 Å². The van der Waals surface area contributed by atoms with E-state index in [-0.39, 0.29) is 6.92 Å². The summed E-state index contributed by atoms with van der Waals surface area (Å²) in [5.74, 6) is -55.1. The molecule has 0 heterocycles. The first-order valence-corrected chi connectivity index (χ1v) is 11.7. The van der Waals surface area contributed by atoms with Crippen LogP contribution < -0.4 is 0 Å². The van der Waals surface area contributed by atoms with E-state index in [1.165, 1.54) is 0 Å². The summed E-state index contributed by atoms with van der Waals surface area (Å²) in [5, 5.41) is 0.423. The van der Waals surface area contributed by atoms with E-state index in [4.69, 9.17) is 16.7 Å². The Morgan fingerprint density at radius 2 is 1.10 bits per heavy atom. The first-order valence-electron chi connectivity index (χ1n) is 9.92. The topological polar surface area (TPSA) is 74.7 Å². The van der Waals surface area contributed by atoms with Crippen molar-refractivity contribution in [3.05, 3.63) is 34.9 Å². The Morgan fingerprint density at radius 3 is 1.45 bits per heavy atom. The number of hydrogen-bond acceptors (Lipinski definition) is 3. The minimum absolute atomic E-state index is 0.103. The van der Waals surface area contributed by atoms with E-state index in [2.05, 4.69) is 0 Å². The van der Waals surface area contributed by atoms with Gasteiger partial charge in [-0.2, -0.15) is 78.9 Å². The number of nitrogens with zero attached hydrogens (tertiary/aromatic N) is 1. The normalized spacial score (nSPS) is 16.1. The van der Waals surface area contributed by atoms with E-state index in [9.17, 15) is 87.8 Å². The lowest BCUT2D eigenvalue weighted by Gasteiger charge is -2.43. The van der Waals surface area contributed by atoms with Gasteiger partial charge in [0.15, 0.2) is 0 Å². The van der Waals surface area contributed by atoms with Crippen LogP contribution in [0.4, 0.5) is 74.6 Å². The SMILES string of the molecule is CC(C(=O)O)N(Cc1ccccc1Cl)S(=O)(=O)C(F)(F)C(F)(F)C(F)(F)C(F)(F)C(F)(F)C(F)(F)C(F)(F)C(F)(F)F. The summed E-state index contributed by atoms with van der Waals surface area (Å²) >= 11 is 5.58. The van der Waals surface area contributed by atoms with Crippen LogP contribution in [0.1, 0.15) is 12.5 Å². The molecule has 0 aliphatic carbocycles. The highest BCUT2D eigenvalue weighted by atomic mass is 35.5. The molecule has 0 fully saturated rings. The molecule has 42 heavy (non-hydrogen) atoms. The van der Waals surface area contributed by atoms with Gasteiger partial charge in [-0.3, -0.25) is 4.79 Å². The molecular formula is C18H11ClF17NO4S. The van der Waals surface area contributed by atoms with Gasteiger partial charge < -0.3 is 5.11 Å². The van der Waals surface area contributed by atoms with Crippen molar-refractivity contribution >= 4 is 27.6 Å². The average Bonchev–Trinajstić information content (AvgIpc) is 2.81. The van der Waals surface area contributed by atoms with Crippen molar-refractivity contribution < 1.29 is 93.0 Å². The molecular weight excluding hydrogens is 685 g/mol. The Hall–Kier alpha value is -2.30. The van der Waals surface area contributed by atoms with Gasteiger partial charge in [-0.15, -0.1) is 0 Å². The maximum Gasteiger partial charge on any atom is 0.460 e. The van der Waals surface area contributed by atoms with E-state index >= 15 is 0 Å². The van der Waals surface area contributed by atoms with Crippen LogP contribution in [-0.2, 0) is 21.4 Å². The van der Waals surface area contributed by atoms with Gasteiger partial charge in [0.05, 0.1) is 0 Å². The fourth-order valence-electron chi connectivity index (χ4n) is 2.81. The van der Waals surface area contributed by atoms with Crippen LogP contribution in [-0.4, -0.2) is 76.8 Å². The number of benzene rings is 1. The molecule has 1 aromatic carbocycles. The fraction of sp³-hybridized carbons (Fsp3) is 0.611. The van der Waals surface area contributed by atoms with Gasteiger partial charge in [0.1, 0.15) is 6.04 Å². The maximum absolute atomic E-state index is 14.6. The third-order valence-electron chi connectivity index (χ3n) is 5.40. The van der Waals surface area contributed by atoms with Crippen molar-refractivity contribution in [3.63, 3.8) is 0 Å². The summed E-state index contributed by atoms with van der Waals surface area (Å²) in [6.45, 7) is -1.76. The molecule has 1 N–H and O–H groups in total. The van der Waals surface area contributed by atoms with Crippen LogP contribution in [0.15, 0.2) is 24.3 Å². The highest BCUT2D eigenvalue weighted by molar-refractivity contribution is 7.90. The number of halogens is 18. The summed E-state index contributed by atoms with van der Waals surface area (Å²) in [6, 6.07) is 0.515. The summed E-state index contributed by atoms with van der Waals surface area (Å²) in [5.41, 5.74) is -0.757. The fourth-order valence-corrected chi connectivity index (χ4v) is 4.56. The van der Waals surface area contributed by atoms with Crippen molar-refractivity contribution in [1.82, 2.24) is 4.31 Å². The molecule has 1 atom stereocenters. The van der Waals surface area contributed by atoms with Crippen molar-refractivity contribution in [3.8, 4) is 0 Å². The first-order chi connectivity index (χ1) is 18.2. The molecule has 244 valence electrons. The van der Waals surface area contributed by atoms with Crippen molar-refractivity contribution in [2.75, 3.05) is 0 Å². The minimum Gasteiger partial charge on any atom is -0.480 e. The third-order valence-corrected chi connectivity index (χ3v) is 7.74. The molecule has 1 aromatic rings. The van der Waals surface area contributed by atoms with Gasteiger partial charge in [-0.05, 0) is 18.6 Å². The van der Waals surface area contributed by atoms with Gasteiger partial charge >= 0.3 is 52.9 Å². The smallest absolute Gasteiger partial charge is 0.460 e. The second-order valence-corrected chi connectivity index (χ2v) is 10.5. The summed E-state index contributed by atoms with van der Waals surface area (Å²) in [4.78, 5) is 11.2. The second-order valence-electron chi connectivity index (χ2n) is 8.12. The summed E-state index contributed by atoms with van der Waals surface area (Å²) in [6.07, 6.45) is -7.95. The number of carboxylic acid groups (broad SMARTS) is 1. The van der Waals surface area contributed by atoms with Gasteiger partial charge in [0.25, 0.3) is 10.0 Å². The van der Waals surface area contributed by atoms with Gasteiger partial charge in [-0.1, -0.05) is 29.8 Å². The highest BCUT2D eigenvalue weighted by Crippen LogP contribution is 2.64. The van der Waals surface area contributed by atoms with Crippen LogP contribution in [0.5, 0.6) is 0 Å². The molecule has 24 heteroatoms. The highest BCUT2D eigenvalue weighted by Gasteiger charge is 2.96. The lowest BCUT2D eigenvalue weighted by molar-refractivity contribution is -0.458. The number of carboxylic acids is 1. The molecule has 1 unspecified atom stereocenters. The van der Waals surface area contributed by atoms with E-state index < -0.39 is 90.4 Å². The zero-order valence-corrected chi connectivity index (χ0v) is 21.0. The Bertz CT molecular complexity index is 1280. The Labute approximate surface area is 226 Å². The molecule has 0 aliphatic heterocycles. The van der Waals surface area contributed by atoms with Crippen molar-refractivity contribution in [2.24, 2.45) is 0 Å². The largest absolute Gasteiger partial charge is 0.480 e. The Morgan fingerprint density at radius 1 is 0.738 bits per heavy atom. The molecule has 1 rings (SSSR count). The standard InChI is InChI=1S/C18H11ClF17NO4S/c1-7(10(38)39)37(6-8-4-2-3-5-9(8)19)42(40,41)18(35,36)16(30,31)14(26,27)12(22,23)11(20,21)13(24,25)15(28,29)17(32,33)34/h2-5,7H,6H2,1H3,(H,38,39). The molecule has 0 amide bonds. The predicted octanol–water partition coefficient (Wildman–Crippen LogP) is 6.91. The lowest BCUT2D eigenvalue weighted by atomic mass is 9.91. The molecule has 0 saturated heterocycles. The number of alkyl halides is 17. The number of hydrogen-bond donors (Lipinski definition) is 1. The molecule has 5 nitrogen and oxygen atoms in total. The van der Waals surface area contributed by atoms with Crippen LogP contribution in [0.2, 0.25) is 5.02 Å². The van der Waals surface area contributed by atoms with Gasteiger partial charge in [0, 0.05) is 11.6 Å². The minimum atomic E-state index is -9.01. The van der Waals surface area contributed by atoms with Crippen molar-refractivity contribution in [1.29, 1.82) is 0 Å². The molecule has 0 spiro atoms. The van der Waals surface area contributed by atoms with E-state index in [0.717, 1.165) is 18.2 Å². The number of carbonyl (C=O) groups is 1. The summed E-state index contributed by atoms with van der Waals surface area (Å²) in [7, 11) is -7.86. The molecule has 0 saturated carbocycles. The first kappa shape index (κ1) is 37.7. The molecule has 0 radical (unpaired) electrons.